The summed E-state index contributed by atoms with van der Waals surface area (Å²) < 4.78 is 0. The summed E-state index contributed by atoms with van der Waals surface area (Å²) >= 11 is 0. The highest BCUT2D eigenvalue weighted by atomic mass is 16.3. The van der Waals surface area contributed by atoms with Gasteiger partial charge in [-0.15, -0.1) is 0 Å². The SMILES string of the molecule is CC(=O)C1=C(O)C(C(C)C)[C@@]2(C)C[C@@]3(C)Cc4c(C(C)C)cc(C5=CC=C(CC6CCCC6)C5)c(O)c4C(=O)C3=C(O)[C@@]2(O)C1=O. The first-order valence-electron chi connectivity index (χ1n) is 17.0. The molecule has 4 N–H and O–H groups in total. The number of phenolic OH excluding ortho intramolecular Hbond substituents is 1. The molecular formula is C39H48O7. The summed E-state index contributed by atoms with van der Waals surface area (Å²) in [6.45, 7) is 12.4. The van der Waals surface area contributed by atoms with E-state index in [1.54, 1.807) is 6.92 Å². The van der Waals surface area contributed by atoms with Gasteiger partial charge < -0.3 is 20.4 Å². The number of aromatic hydroxyl groups is 1. The van der Waals surface area contributed by atoms with Crippen molar-refractivity contribution >= 4 is 22.9 Å². The molecule has 1 aromatic carbocycles. The van der Waals surface area contributed by atoms with Crippen LogP contribution in [0.25, 0.3) is 5.57 Å². The predicted molar refractivity (Wildman–Crippen MR) is 177 cm³/mol. The summed E-state index contributed by atoms with van der Waals surface area (Å²) in [5.74, 6) is -4.17. The van der Waals surface area contributed by atoms with E-state index in [0.29, 0.717) is 23.5 Å². The molecule has 7 heteroatoms. The number of carbonyl (C=O) groups is 3. The van der Waals surface area contributed by atoms with Crippen LogP contribution in [0.1, 0.15) is 126 Å². The first kappa shape index (κ1) is 32.5. The minimum atomic E-state index is -2.61. The van der Waals surface area contributed by atoms with Crippen LogP contribution in [0.5, 0.6) is 5.75 Å². The maximum absolute atomic E-state index is 14.7. The van der Waals surface area contributed by atoms with Gasteiger partial charge >= 0.3 is 0 Å². The number of fused-ring (bicyclic) bond motifs is 3. The van der Waals surface area contributed by atoms with Crippen LogP contribution in [-0.2, 0) is 16.0 Å². The van der Waals surface area contributed by atoms with Crippen molar-refractivity contribution in [3.8, 4) is 5.75 Å². The summed E-state index contributed by atoms with van der Waals surface area (Å²) in [5.41, 5.74) is -1.12. The van der Waals surface area contributed by atoms with Gasteiger partial charge in [-0.2, -0.15) is 0 Å². The zero-order valence-electron chi connectivity index (χ0n) is 28.2. The van der Waals surface area contributed by atoms with Crippen molar-refractivity contribution in [2.45, 2.75) is 111 Å². The quantitative estimate of drug-likeness (QED) is 0.237. The van der Waals surface area contributed by atoms with Crippen LogP contribution in [-0.4, -0.2) is 43.4 Å². The molecule has 0 aliphatic heterocycles. The second kappa shape index (κ2) is 10.8. The molecule has 46 heavy (non-hydrogen) atoms. The highest BCUT2D eigenvalue weighted by Gasteiger charge is 2.71. The lowest BCUT2D eigenvalue weighted by atomic mass is 9.44. The molecular weight excluding hydrogens is 580 g/mol. The first-order chi connectivity index (χ1) is 21.5. The van der Waals surface area contributed by atoms with Gasteiger partial charge in [-0.1, -0.05) is 85.0 Å². The van der Waals surface area contributed by atoms with E-state index < -0.39 is 51.0 Å². The van der Waals surface area contributed by atoms with E-state index in [1.807, 2.05) is 32.9 Å². The molecule has 0 heterocycles. The van der Waals surface area contributed by atoms with Crippen molar-refractivity contribution in [3.63, 3.8) is 0 Å². The second-order valence-corrected chi connectivity index (χ2v) is 15.9. The number of hydrogen-bond acceptors (Lipinski definition) is 7. The lowest BCUT2D eigenvalue weighted by Crippen LogP contribution is -2.67. The van der Waals surface area contributed by atoms with Crippen molar-refractivity contribution in [1.82, 2.24) is 0 Å². The average Bonchev–Trinajstić information content (AvgIpc) is 3.63. The molecule has 4 atom stereocenters. The number of Topliss-reactive ketones (excluding diaryl/α,β-unsaturated/α-hetero) is 3. The van der Waals surface area contributed by atoms with Crippen molar-refractivity contribution < 1.29 is 34.8 Å². The van der Waals surface area contributed by atoms with Gasteiger partial charge in [0.25, 0.3) is 0 Å². The minimum absolute atomic E-state index is 0.0254. The van der Waals surface area contributed by atoms with Gasteiger partial charge in [-0.3, -0.25) is 14.4 Å². The summed E-state index contributed by atoms with van der Waals surface area (Å²) in [6, 6.07) is 2.01. The van der Waals surface area contributed by atoms with Crippen LogP contribution < -0.4 is 0 Å². The lowest BCUT2D eigenvalue weighted by molar-refractivity contribution is -0.171. The molecule has 1 fully saturated rings. The monoisotopic (exact) mass is 628 g/mol. The largest absolute Gasteiger partial charge is 0.511 e. The third-order valence-corrected chi connectivity index (χ3v) is 12.0. The van der Waals surface area contributed by atoms with Gasteiger partial charge in [0.05, 0.1) is 5.56 Å². The van der Waals surface area contributed by atoms with Crippen LogP contribution in [0.2, 0.25) is 0 Å². The van der Waals surface area contributed by atoms with Crippen molar-refractivity contribution in [1.29, 1.82) is 0 Å². The number of rotatable bonds is 6. The fraction of sp³-hybridized carbons (Fsp3) is 0.564. The lowest BCUT2D eigenvalue weighted by Gasteiger charge is -2.59. The van der Waals surface area contributed by atoms with Crippen LogP contribution in [0.4, 0.5) is 0 Å². The maximum Gasteiger partial charge on any atom is 0.209 e. The van der Waals surface area contributed by atoms with Gasteiger partial charge in [-0.05, 0) is 73.1 Å². The standard InChI is InChI=1S/C39H48O7/c1-19(2)25-16-26(24-13-12-23(15-24)14-22-10-8-9-11-22)32(41)29-27(25)17-37(6)18-38(7)30(20(3)4)33(42)28(21(5)40)35(44)39(38,46)36(45)31(37)34(29)43/h12-13,16,19-20,22,30,41-42,45-46H,8-11,14-15,17-18H2,1-7H3/t30?,37-,38-,39+/m1/s1. The number of phenols is 1. The van der Waals surface area contributed by atoms with Gasteiger partial charge in [0.1, 0.15) is 22.8 Å². The molecule has 0 radical (unpaired) electrons. The fourth-order valence-corrected chi connectivity index (χ4v) is 10.1. The summed E-state index contributed by atoms with van der Waals surface area (Å²) in [5, 5.41) is 47.6. The van der Waals surface area contributed by atoms with E-state index in [-0.39, 0.29) is 47.3 Å². The Kier molecular flexibility index (Phi) is 7.63. The molecule has 1 aromatic rings. The second-order valence-electron chi connectivity index (χ2n) is 15.9. The van der Waals surface area contributed by atoms with E-state index in [0.717, 1.165) is 24.5 Å². The molecule has 0 aromatic heterocycles. The molecule has 0 spiro atoms. The molecule has 1 saturated carbocycles. The zero-order valence-corrected chi connectivity index (χ0v) is 28.2. The Labute approximate surface area is 271 Å². The van der Waals surface area contributed by atoms with E-state index >= 15 is 0 Å². The molecule has 0 amide bonds. The Balaban J connectivity index is 1.51. The highest BCUT2D eigenvalue weighted by Crippen LogP contribution is 2.65. The van der Waals surface area contributed by atoms with Crippen LogP contribution in [0, 0.1) is 28.6 Å². The van der Waals surface area contributed by atoms with E-state index in [9.17, 15) is 34.8 Å². The predicted octanol–water partition coefficient (Wildman–Crippen LogP) is 7.76. The number of ketones is 3. The number of carbonyl (C=O) groups excluding carboxylic acids is 3. The number of aliphatic hydroxyl groups is 3. The van der Waals surface area contributed by atoms with E-state index in [1.165, 1.54) is 31.3 Å². The highest BCUT2D eigenvalue weighted by molar-refractivity contribution is 6.25. The Morgan fingerprint density at radius 3 is 2.26 bits per heavy atom. The van der Waals surface area contributed by atoms with Crippen molar-refractivity contribution in [2.24, 2.45) is 28.6 Å². The van der Waals surface area contributed by atoms with Crippen molar-refractivity contribution in [2.75, 3.05) is 0 Å². The van der Waals surface area contributed by atoms with Gasteiger partial charge in [0.15, 0.2) is 17.2 Å². The van der Waals surface area contributed by atoms with E-state index in [4.69, 9.17) is 0 Å². The Hall–Kier alpha value is -3.45. The third-order valence-electron chi connectivity index (χ3n) is 12.0. The Bertz CT molecular complexity index is 1690. The molecule has 5 aliphatic rings. The zero-order chi connectivity index (χ0) is 33.7. The topological polar surface area (TPSA) is 132 Å². The Morgan fingerprint density at radius 2 is 1.67 bits per heavy atom. The molecule has 6 rings (SSSR count). The van der Waals surface area contributed by atoms with Gasteiger partial charge in [-0.25, -0.2) is 0 Å². The number of benzene rings is 1. The van der Waals surface area contributed by atoms with Crippen LogP contribution in [0.15, 0.2) is 46.5 Å². The molecule has 5 aliphatic carbocycles. The third kappa shape index (κ3) is 4.36. The van der Waals surface area contributed by atoms with E-state index in [2.05, 4.69) is 19.9 Å². The average molecular weight is 629 g/mol. The number of hydrogen-bond donors (Lipinski definition) is 4. The Morgan fingerprint density at radius 1 is 1.02 bits per heavy atom. The van der Waals surface area contributed by atoms with Crippen molar-refractivity contribution in [3.05, 3.63) is 68.7 Å². The summed E-state index contributed by atoms with van der Waals surface area (Å²) in [7, 11) is 0. The number of allylic oxidation sites excluding steroid dienone is 6. The smallest absolute Gasteiger partial charge is 0.209 e. The van der Waals surface area contributed by atoms with Gasteiger partial charge in [0, 0.05) is 27.9 Å². The van der Waals surface area contributed by atoms with Crippen LogP contribution in [0.3, 0.4) is 0 Å². The van der Waals surface area contributed by atoms with Crippen LogP contribution >= 0.6 is 0 Å². The molecule has 0 bridgehead atoms. The summed E-state index contributed by atoms with van der Waals surface area (Å²) in [6.07, 6.45) is 11.3. The first-order valence-corrected chi connectivity index (χ1v) is 17.0. The fourth-order valence-electron chi connectivity index (χ4n) is 10.1. The minimum Gasteiger partial charge on any atom is -0.511 e. The molecule has 1 unspecified atom stereocenters. The number of aliphatic hydroxyl groups excluding tert-OH is 2. The summed E-state index contributed by atoms with van der Waals surface area (Å²) in [4.78, 5) is 41.3. The normalized spacial score (nSPS) is 31.4. The molecule has 7 nitrogen and oxygen atoms in total. The molecule has 0 saturated heterocycles. The maximum atomic E-state index is 14.7. The molecule has 246 valence electrons. The van der Waals surface area contributed by atoms with Gasteiger partial charge in [0.2, 0.25) is 5.78 Å².